The molecule has 1 aromatic carbocycles. The standard InChI is InChI=1S/C16H24N2O3/c1-3-7-21-16-10-14(9-15(11-16)18(19)20)17-13-6-4-5-12(2)8-13/h9-13,17H,3-8H2,1-2H3. The number of non-ortho nitro benzene ring substituents is 1. The molecule has 1 aromatic rings. The molecule has 0 heterocycles. The van der Waals surface area contributed by atoms with Gasteiger partial charge in [-0.3, -0.25) is 10.1 Å². The number of benzene rings is 1. The van der Waals surface area contributed by atoms with E-state index in [1.807, 2.05) is 13.0 Å². The first kappa shape index (κ1) is 15.6. The van der Waals surface area contributed by atoms with E-state index in [4.69, 9.17) is 4.74 Å². The molecule has 2 rings (SSSR count). The smallest absolute Gasteiger partial charge is 0.275 e. The number of hydrogen-bond donors (Lipinski definition) is 1. The van der Waals surface area contributed by atoms with Crippen molar-refractivity contribution in [3.05, 3.63) is 28.3 Å². The third-order valence-corrected chi connectivity index (χ3v) is 3.88. The van der Waals surface area contributed by atoms with Crippen molar-refractivity contribution in [1.82, 2.24) is 0 Å². The number of nitrogens with zero attached hydrogens (tertiary/aromatic N) is 1. The maximum absolute atomic E-state index is 11.0. The molecule has 0 saturated heterocycles. The summed E-state index contributed by atoms with van der Waals surface area (Å²) >= 11 is 0. The average Bonchev–Trinajstić information content (AvgIpc) is 2.45. The zero-order valence-electron chi connectivity index (χ0n) is 12.8. The molecule has 0 aliphatic heterocycles. The van der Waals surface area contributed by atoms with Gasteiger partial charge >= 0.3 is 0 Å². The third kappa shape index (κ3) is 4.62. The van der Waals surface area contributed by atoms with E-state index in [2.05, 4.69) is 12.2 Å². The van der Waals surface area contributed by atoms with Crippen LogP contribution in [0.5, 0.6) is 5.75 Å². The van der Waals surface area contributed by atoms with E-state index in [1.165, 1.54) is 18.9 Å². The van der Waals surface area contributed by atoms with E-state index in [0.717, 1.165) is 24.9 Å². The number of nitrogens with one attached hydrogen (secondary N) is 1. The lowest BCUT2D eigenvalue weighted by atomic mass is 9.87. The fourth-order valence-electron chi connectivity index (χ4n) is 2.88. The van der Waals surface area contributed by atoms with Crippen LogP contribution >= 0.6 is 0 Å². The molecule has 1 N–H and O–H groups in total. The fraction of sp³-hybridized carbons (Fsp3) is 0.625. The minimum Gasteiger partial charge on any atom is -0.493 e. The summed E-state index contributed by atoms with van der Waals surface area (Å²) in [7, 11) is 0. The highest BCUT2D eigenvalue weighted by Crippen LogP contribution is 2.30. The van der Waals surface area contributed by atoms with E-state index < -0.39 is 0 Å². The number of nitro groups is 1. The summed E-state index contributed by atoms with van der Waals surface area (Å²) in [5, 5.41) is 14.5. The first-order valence-electron chi connectivity index (χ1n) is 7.77. The molecule has 1 aliphatic rings. The fourth-order valence-corrected chi connectivity index (χ4v) is 2.88. The third-order valence-electron chi connectivity index (χ3n) is 3.88. The van der Waals surface area contributed by atoms with Gasteiger partial charge in [0.25, 0.3) is 5.69 Å². The van der Waals surface area contributed by atoms with Gasteiger partial charge in [-0.15, -0.1) is 0 Å². The second-order valence-corrected chi connectivity index (χ2v) is 5.93. The van der Waals surface area contributed by atoms with Gasteiger partial charge in [0, 0.05) is 23.9 Å². The van der Waals surface area contributed by atoms with Crippen LogP contribution in [-0.2, 0) is 0 Å². The van der Waals surface area contributed by atoms with Crippen LogP contribution in [-0.4, -0.2) is 17.6 Å². The van der Waals surface area contributed by atoms with Crippen LogP contribution < -0.4 is 10.1 Å². The van der Waals surface area contributed by atoms with Gasteiger partial charge in [0.05, 0.1) is 17.6 Å². The van der Waals surface area contributed by atoms with Gasteiger partial charge in [-0.2, -0.15) is 0 Å². The lowest BCUT2D eigenvalue weighted by Gasteiger charge is -2.28. The molecule has 0 spiro atoms. The molecule has 1 aliphatic carbocycles. The van der Waals surface area contributed by atoms with Gasteiger partial charge in [-0.25, -0.2) is 0 Å². The van der Waals surface area contributed by atoms with Crippen molar-refractivity contribution in [2.75, 3.05) is 11.9 Å². The van der Waals surface area contributed by atoms with Gasteiger partial charge < -0.3 is 10.1 Å². The van der Waals surface area contributed by atoms with E-state index in [0.29, 0.717) is 24.3 Å². The van der Waals surface area contributed by atoms with Crippen molar-refractivity contribution in [3.63, 3.8) is 0 Å². The Kier molecular flexibility index (Phi) is 5.42. The first-order chi connectivity index (χ1) is 10.1. The van der Waals surface area contributed by atoms with E-state index >= 15 is 0 Å². The van der Waals surface area contributed by atoms with Gasteiger partial charge in [0.1, 0.15) is 5.75 Å². The molecular formula is C16H24N2O3. The maximum Gasteiger partial charge on any atom is 0.275 e. The molecule has 2 unspecified atom stereocenters. The molecule has 5 heteroatoms. The van der Waals surface area contributed by atoms with Gasteiger partial charge in [0.15, 0.2) is 0 Å². The van der Waals surface area contributed by atoms with Crippen LogP contribution in [0, 0.1) is 16.0 Å². The summed E-state index contributed by atoms with van der Waals surface area (Å²) in [6.45, 7) is 4.85. The molecule has 1 saturated carbocycles. The first-order valence-corrected chi connectivity index (χ1v) is 7.77. The average molecular weight is 292 g/mol. The molecule has 116 valence electrons. The van der Waals surface area contributed by atoms with Gasteiger partial charge in [-0.05, 0) is 25.2 Å². The molecule has 5 nitrogen and oxygen atoms in total. The number of anilines is 1. The highest BCUT2D eigenvalue weighted by atomic mass is 16.6. The number of rotatable bonds is 6. The summed E-state index contributed by atoms with van der Waals surface area (Å²) < 4.78 is 5.55. The largest absolute Gasteiger partial charge is 0.493 e. The minimum atomic E-state index is -0.368. The minimum absolute atomic E-state index is 0.0787. The molecule has 0 aromatic heterocycles. The van der Waals surface area contributed by atoms with Crippen LogP contribution in [0.3, 0.4) is 0 Å². The Hall–Kier alpha value is -1.78. The second kappa shape index (κ2) is 7.29. The van der Waals surface area contributed by atoms with Crippen molar-refractivity contribution >= 4 is 11.4 Å². The Morgan fingerprint density at radius 3 is 2.86 bits per heavy atom. The Bertz CT molecular complexity index is 490. The monoisotopic (exact) mass is 292 g/mol. The summed E-state index contributed by atoms with van der Waals surface area (Å²) in [6, 6.07) is 5.35. The van der Waals surface area contributed by atoms with E-state index in [1.54, 1.807) is 6.07 Å². The number of hydrogen-bond acceptors (Lipinski definition) is 4. The summed E-state index contributed by atoms with van der Waals surface area (Å²) in [5.41, 5.74) is 0.865. The van der Waals surface area contributed by atoms with E-state index in [-0.39, 0.29) is 10.6 Å². The van der Waals surface area contributed by atoms with Crippen LogP contribution in [0.4, 0.5) is 11.4 Å². The molecule has 21 heavy (non-hydrogen) atoms. The molecule has 0 radical (unpaired) electrons. The summed E-state index contributed by atoms with van der Waals surface area (Å²) in [5.74, 6) is 1.28. The van der Waals surface area contributed by atoms with Crippen LogP contribution in [0.15, 0.2) is 18.2 Å². The van der Waals surface area contributed by atoms with Crippen LogP contribution in [0.2, 0.25) is 0 Å². The highest BCUT2D eigenvalue weighted by Gasteiger charge is 2.20. The number of nitro benzene ring substituents is 1. The highest BCUT2D eigenvalue weighted by molar-refractivity contribution is 5.56. The molecule has 0 amide bonds. The second-order valence-electron chi connectivity index (χ2n) is 5.93. The van der Waals surface area contributed by atoms with E-state index in [9.17, 15) is 10.1 Å². The van der Waals surface area contributed by atoms with Gasteiger partial charge in [-0.1, -0.05) is 26.7 Å². The summed E-state index contributed by atoms with van der Waals surface area (Å²) in [4.78, 5) is 10.7. The number of ether oxygens (including phenoxy) is 1. The Morgan fingerprint density at radius 1 is 1.38 bits per heavy atom. The quantitative estimate of drug-likeness (QED) is 0.624. The van der Waals surface area contributed by atoms with Crippen molar-refractivity contribution in [3.8, 4) is 5.75 Å². The molecule has 0 bridgehead atoms. The normalized spacial score (nSPS) is 21.8. The summed E-state index contributed by atoms with van der Waals surface area (Å²) in [6.07, 6.45) is 5.61. The maximum atomic E-state index is 11.0. The predicted molar refractivity (Wildman–Crippen MR) is 83.9 cm³/mol. The van der Waals surface area contributed by atoms with Crippen molar-refractivity contribution in [2.24, 2.45) is 5.92 Å². The zero-order chi connectivity index (χ0) is 15.2. The molecule has 1 fully saturated rings. The molecule has 2 atom stereocenters. The van der Waals surface area contributed by atoms with Crippen molar-refractivity contribution in [1.29, 1.82) is 0 Å². The van der Waals surface area contributed by atoms with Crippen molar-refractivity contribution < 1.29 is 9.66 Å². The zero-order valence-corrected chi connectivity index (χ0v) is 12.8. The Labute approximate surface area is 125 Å². The van der Waals surface area contributed by atoms with Crippen LogP contribution in [0.1, 0.15) is 46.0 Å². The lowest BCUT2D eigenvalue weighted by molar-refractivity contribution is -0.384. The Morgan fingerprint density at radius 2 is 2.19 bits per heavy atom. The Balaban J connectivity index is 2.12. The lowest BCUT2D eigenvalue weighted by Crippen LogP contribution is -2.26. The van der Waals surface area contributed by atoms with Crippen molar-refractivity contribution in [2.45, 2.75) is 52.0 Å². The SMILES string of the molecule is CCCOc1cc(NC2CCCC(C)C2)cc([N+](=O)[O-])c1. The van der Waals surface area contributed by atoms with Crippen LogP contribution in [0.25, 0.3) is 0 Å². The van der Waals surface area contributed by atoms with Gasteiger partial charge in [0.2, 0.25) is 0 Å². The predicted octanol–water partition coefficient (Wildman–Crippen LogP) is 4.37. The topological polar surface area (TPSA) is 64.4 Å². The molecular weight excluding hydrogens is 268 g/mol.